The van der Waals surface area contributed by atoms with E-state index >= 15 is 0 Å². The van der Waals surface area contributed by atoms with Crippen LogP contribution in [0.15, 0.2) is 21.3 Å². The summed E-state index contributed by atoms with van der Waals surface area (Å²) < 4.78 is 24.2. The molecule has 1 saturated heterocycles. The van der Waals surface area contributed by atoms with Crippen molar-refractivity contribution in [1.82, 2.24) is 4.57 Å². The summed E-state index contributed by atoms with van der Waals surface area (Å²) >= 11 is 0. The van der Waals surface area contributed by atoms with Crippen LogP contribution in [-0.4, -0.2) is 30.0 Å². The number of fused-ring (bicyclic) bond motifs is 1. The third-order valence-corrected chi connectivity index (χ3v) is 4.65. The summed E-state index contributed by atoms with van der Waals surface area (Å²) in [6.07, 6.45) is 0. The lowest BCUT2D eigenvalue weighted by Gasteiger charge is -2.32. The van der Waals surface area contributed by atoms with Crippen LogP contribution in [0.3, 0.4) is 0 Å². The quantitative estimate of drug-likeness (QED) is 0.786. The van der Waals surface area contributed by atoms with Gasteiger partial charge in [-0.3, -0.25) is 4.57 Å². The van der Waals surface area contributed by atoms with Gasteiger partial charge in [0.05, 0.1) is 23.8 Å². The van der Waals surface area contributed by atoms with E-state index in [1.807, 2.05) is 27.7 Å². The number of nitrogens with zero attached hydrogens (tertiary/aromatic N) is 1. The lowest BCUT2D eigenvalue weighted by Crippen LogP contribution is -2.41. The second kappa shape index (κ2) is 4.63. The third kappa shape index (κ3) is 2.07. The Morgan fingerprint density at radius 3 is 2.27 bits per heavy atom. The van der Waals surface area contributed by atoms with Gasteiger partial charge < -0.3 is 18.5 Å². The van der Waals surface area contributed by atoms with Gasteiger partial charge in [0.2, 0.25) is 0 Å². The maximum Gasteiger partial charge on any atom is 0.498 e. The Bertz CT molecular complexity index is 773. The number of oxazole rings is 1. The summed E-state index contributed by atoms with van der Waals surface area (Å²) in [4.78, 5) is 11.7. The van der Waals surface area contributed by atoms with E-state index in [9.17, 15) is 4.79 Å². The average Bonchev–Trinajstić information content (AvgIpc) is 2.82. The molecule has 0 radical (unpaired) electrons. The Hall–Kier alpha value is -1.73. The van der Waals surface area contributed by atoms with Crippen LogP contribution in [-0.2, 0) is 16.4 Å². The summed E-state index contributed by atoms with van der Waals surface area (Å²) in [6.45, 7) is 7.95. The number of benzene rings is 1. The van der Waals surface area contributed by atoms with Gasteiger partial charge in [-0.15, -0.1) is 0 Å². The highest BCUT2D eigenvalue weighted by Gasteiger charge is 2.52. The van der Waals surface area contributed by atoms with Crippen LogP contribution in [0.4, 0.5) is 0 Å². The molecular weight excluding hydrogens is 285 g/mol. The second-order valence-corrected chi connectivity index (χ2v) is 6.58. The van der Waals surface area contributed by atoms with Crippen molar-refractivity contribution in [2.24, 2.45) is 7.05 Å². The van der Waals surface area contributed by atoms with Crippen LogP contribution in [0.1, 0.15) is 27.7 Å². The number of hydrogen-bond acceptors (Lipinski definition) is 5. The van der Waals surface area contributed by atoms with Gasteiger partial charge >= 0.3 is 12.9 Å². The predicted molar refractivity (Wildman–Crippen MR) is 83.7 cm³/mol. The minimum atomic E-state index is -0.574. The Morgan fingerprint density at radius 1 is 1.14 bits per heavy atom. The molecule has 2 heterocycles. The van der Waals surface area contributed by atoms with Crippen LogP contribution in [0.5, 0.6) is 5.75 Å². The fourth-order valence-corrected chi connectivity index (χ4v) is 2.50. The first-order valence-electron chi connectivity index (χ1n) is 7.19. The summed E-state index contributed by atoms with van der Waals surface area (Å²) in [7, 11) is 2.66. The topological polar surface area (TPSA) is 62.8 Å². The molecule has 22 heavy (non-hydrogen) atoms. The summed E-state index contributed by atoms with van der Waals surface area (Å²) in [6, 6.07) is 3.51. The molecule has 3 rings (SSSR count). The Kier molecular flexibility index (Phi) is 3.20. The predicted octanol–water partition coefficient (Wildman–Crippen LogP) is 1.44. The van der Waals surface area contributed by atoms with Crippen molar-refractivity contribution in [1.29, 1.82) is 0 Å². The highest BCUT2D eigenvalue weighted by molar-refractivity contribution is 6.63. The first-order chi connectivity index (χ1) is 10.2. The number of aryl methyl sites for hydroxylation is 1. The SMILES string of the molecule is COc1cc2c(cc1B1OC(C)(C)C(C)(C)O1)oc(=O)n2C. The van der Waals surface area contributed by atoms with Gasteiger partial charge in [-0.2, -0.15) is 0 Å². The summed E-state index contributed by atoms with van der Waals surface area (Å²) in [5, 5.41) is 0. The molecule has 1 aromatic carbocycles. The minimum Gasteiger partial charge on any atom is -0.497 e. The van der Waals surface area contributed by atoms with Gasteiger partial charge in [-0.1, -0.05) is 0 Å². The molecule has 0 atom stereocenters. The third-order valence-electron chi connectivity index (χ3n) is 4.65. The maximum atomic E-state index is 11.7. The summed E-state index contributed by atoms with van der Waals surface area (Å²) in [5.74, 6) is 0.186. The Labute approximate surface area is 129 Å². The van der Waals surface area contributed by atoms with E-state index in [4.69, 9.17) is 18.5 Å². The molecule has 1 fully saturated rings. The largest absolute Gasteiger partial charge is 0.498 e. The van der Waals surface area contributed by atoms with Crippen molar-refractivity contribution >= 4 is 23.7 Å². The van der Waals surface area contributed by atoms with E-state index in [1.54, 1.807) is 26.3 Å². The van der Waals surface area contributed by atoms with E-state index in [2.05, 4.69) is 0 Å². The minimum absolute atomic E-state index is 0.414. The number of rotatable bonds is 2. The van der Waals surface area contributed by atoms with Gasteiger partial charge in [0, 0.05) is 18.6 Å². The highest BCUT2D eigenvalue weighted by Crippen LogP contribution is 2.37. The van der Waals surface area contributed by atoms with Gasteiger partial charge in [0.1, 0.15) is 5.75 Å². The van der Waals surface area contributed by atoms with Gasteiger partial charge in [-0.05, 0) is 33.8 Å². The van der Waals surface area contributed by atoms with E-state index in [0.717, 1.165) is 0 Å². The monoisotopic (exact) mass is 305 g/mol. The van der Waals surface area contributed by atoms with E-state index in [1.165, 1.54) is 4.57 Å². The van der Waals surface area contributed by atoms with Crippen molar-refractivity contribution in [2.75, 3.05) is 7.11 Å². The first kappa shape index (κ1) is 15.2. The van der Waals surface area contributed by atoms with Gasteiger partial charge in [-0.25, -0.2) is 4.79 Å². The Morgan fingerprint density at radius 2 is 1.73 bits per heavy atom. The van der Waals surface area contributed by atoms with Gasteiger partial charge in [0.25, 0.3) is 0 Å². The molecule has 0 amide bonds. The van der Waals surface area contributed by atoms with E-state index in [-0.39, 0.29) is 0 Å². The molecule has 1 aromatic heterocycles. The highest BCUT2D eigenvalue weighted by atomic mass is 16.7. The van der Waals surface area contributed by atoms with Gasteiger partial charge in [0.15, 0.2) is 5.58 Å². The molecule has 6 nitrogen and oxygen atoms in total. The zero-order valence-electron chi connectivity index (χ0n) is 13.7. The zero-order valence-corrected chi connectivity index (χ0v) is 13.7. The van der Waals surface area contributed by atoms with Crippen molar-refractivity contribution < 1.29 is 18.5 Å². The maximum absolute atomic E-state index is 11.7. The van der Waals surface area contributed by atoms with E-state index < -0.39 is 24.1 Å². The smallest absolute Gasteiger partial charge is 0.497 e. The molecule has 1 aliphatic rings. The van der Waals surface area contributed by atoms with Crippen molar-refractivity contribution in [3.05, 3.63) is 22.7 Å². The van der Waals surface area contributed by atoms with Crippen molar-refractivity contribution in [3.8, 4) is 5.75 Å². The lowest BCUT2D eigenvalue weighted by atomic mass is 9.78. The lowest BCUT2D eigenvalue weighted by molar-refractivity contribution is 0.00578. The number of ether oxygens (including phenoxy) is 1. The average molecular weight is 305 g/mol. The molecule has 0 unspecified atom stereocenters. The summed E-state index contributed by atoms with van der Waals surface area (Å²) in [5.41, 5.74) is 0.966. The standard InChI is InChI=1S/C15H20BNO5/c1-14(2)15(3,4)22-16(21-14)9-7-12-10(8-11(9)19-6)17(5)13(18)20-12/h7-8H,1-6H3. The van der Waals surface area contributed by atoms with Crippen LogP contribution in [0, 0.1) is 0 Å². The van der Waals surface area contributed by atoms with Crippen LogP contribution in [0.2, 0.25) is 0 Å². The molecule has 0 spiro atoms. The normalized spacial score (nSPS) is 19.8. The molecule has 0 bridgehead atoms. The number of hydrogen-bond donors (Lipinski definition) is 0. The van der Waals surface area contributed by atoms with Crippen molar-refractivity contribution in [3.63, 3.8) is 0 Å². The van der Waals surface area contributed by atoms with Crippen LogP contribution in [0.25, 0.3) is 11.1 Å². The molecule has 7 heteroatoms. The molecule has 0 aliphatic carbocycles. The number of aromatic nitrogens is 1. The molecule has 118 valence electrons. The molecule has 2 aromatic rings. The first-order valence-corrected chi connectivity index (χ1v) is 7.19. The van der Waals surface area contributed by atoms with Crippen LogP contribution >= 0.6 is 0 Å². The number of methoxy groups -OCH3 is 1. The fraction of sp³-hybridized carbons (Fsp3) is 0.533. The molecule has 1 aliphatic heterocycles. The molecular formula is C15H20BNO5. The molecule has 0 N–H and O–H groups in total. The van der Waals surface area contributed by atoms with Crippen LogP contribution < -0.4 is 16.0 Å². The van der Waals surface area contributed by atoms with E-state index in [0.29, 0.717) is 22.3 Å². The fourth-order valence-electron chi connectivity index (χ4n) is 2.50. The second-order valence-electron chi connectivity index (χ2n) is 6.58. The van der Waals surface area contributed by atoms with Crippen molar-refractivity contribution in [2.45, 2.75) is 38.9 Å². The zero-order chi connectivity index (χ0) is 16.3. The molecule has 0 saturated carbocycles. The Balaban J connectivity index is 2.13.